The third-order valence-electron chi connectivity index (χ3n) is 2.78. The molecule has 0 amide bonds. The van der Waals surface area contributed by atoms with Gasteiger partial charge in [-0.3, -0.25) is 10.5 Å². The van der Waals surface area contributed by atoms with Crippen LogP contribution in [0, 0.1) is 0 Å². The molecule has 0 aliphatic heterocycles. The van der Waals surface area contributed by atoms with Gasteiger partial charge in [-0.15, -0.1) is 0 Å². The summed E-state index contributed by atoms with van der Waals surface area (Å²) in [6, 6.07) is 7.06. The highest BCUT2D eigenvalue weighted by Gasteiger charge is 2.19. The van der Waals surface area contributed by atoms with Crippen molar-refractivity contribution in [2.24, 2.45) is 5.84 Å². The van der Waals surface area contributed by atoms with Crippen molar-refractivity contribution < 1.29 is 0 Å². The van der Waals surface area contributed by atoms with Crippen LogP contribution < -0.4 is 11.3 Å². The third-order valence-corrected chi connectivity index (χ3v) is 3.35. The van der Waals surface area contributed by atoms with Crippen molar-refractivity contribution in [1.29, 1.82) is 0 Å². The summed E-state index contributed by atoms with van der Waals surface area (Å²) in [5.74, 6) is 5.64. The second-order valence-corrected chi connectivity index (χ2v) is 4.68. The lowest BCUT2D eigenvalue weighted by atomic mass is 10.0. The molecule has 4 nitrogen and oxygen atoms in total. The molecule has 0 bridgehead atoms. The highest BCUT2D eigenvalue weighted by atomic mass is 35.5. The van der Waals surface area contributed by atoms with Crippen molar-refractivity contribution in [1.82, 2.24) is 15.2 Å². The predicted octanol–water partition coefficient (Wildman–Crippen LogP) is 2.76. The molecule has 18 heavy (non-hydrogen) atoms. The molecule has 1 aromatic carbocycles. The molecule has 0 radical (unpaired) electrons. The van der Waals surface area contributed by atoms with E-state index in [9.17, 15) is 0 Å². The molecule has 2 rings (SSSR count). The lowest BCUT2D eigenvalue weighted by molar-refractivity contribution is 0.543. The molecule has 1 heterocycles. The van der Waals surface area contributed by atoms with Gasteiger partial charge in [0.05, 0.1) is 11.7 Å². The molecular formula is C12H14Cl2N4. The Morgan fingerprint density at radius 3 is 2.78 bits per heavy atom. The Labute approximate surface area is 116 Å². The molecule has 6 heteroatoms. The van der Waals surface area contributed by atoms with Crippen LogP contribution in [-0.4, -0.2) is 9.78 Å². The fraction of sp³-hybridized carbons (Fsp3) is 0.250. The second kappa shape index (κ2) is 5.71. The van der Waals surface area contributed by atoms with Gasteiger partial charge in [0, 0.05) is 22.8 Å². The van der Waals surface area contributed by atoms with E-state index >= 15 is 0 Å². The Kier molecular flexibility index (Phi) is 4.24. The quantitative estimate of drug-likeness (QED) is 0.671. The third kappa shape index (κ3) is 2.52. The Balaban J connectivity index is 2.45. The van der Waals surface area contributed by atoms with Crippen molar-refractivity contribution in [3.05, 3.63) is 51.8 Å². The Hall–Kier alpha value is -1.07. The minimum atomic E-state index is -0.211. The van der Waals surface area contributed by atoms with Crippen molar-refractivity contribution in [3.8, 4) is 0 Å². The summed E-state index contributed by atoms with van der Waals surface area (Å²) in [5.41, 5.74) is 4.60. The number of hydrazine groups is 1. The van der Waals surface area contributed by atoms with E-state index in [1.807, 2.05) is 23.7 Å². The van der Waals surface area contributed by atoms with Gasteiger partial charge in [-0.25, -0.2) is 5.43 Å². The maximum absolute atomic E-state index is 6.21. The van der Waals surface area contributed by atoms with Gasteiger partial charge < -0.3 is 0 Å². The zero-order chi connectivity index (χ0) is 13.1. The van der Waals surface area contributed by atoms with Crippen molar-refractivity contribution in [2.45, 2.75) is 19.5 Å². The van der Waals surface area contributed by atoms with Gasteiger partial charge in [-0.05, 0) is 30.7 Å². The number of halogens is 2. The summed E-state index contributed by atoms with van der Waals surface area (Å²) < 4.78 is 1.87. The van der Waals surface area contributed by atoms with Crippen LogP contribution >= 0.6 is 23.2 Å². The molecular weight excluding hydrogens is 271 g/mol. The largest absolute Gasteiger partial charge is 0.271 e. The summed E-state index contributed by atoms with van der Waals surface area (Å²) in [7, 11) is 0. The van der Waals surface area contributed by atoms with Crippen LogP contribution in [0.25, 0.3) is 0 Å². The summed E-state index contributed by atoms with van der Waals surface area (Å²) in [5, 5.41) is 5.41. The van der Waals surface area contributed by atoms with E-state index in [2.05, 4.69) is 10.5 Å². The first-order valence-corrected chi connectivity index (χ1v) is 6.35. The SMILES string of the molecule is CCn1nccc1C(NN)c1ccc(Cl)cc1Cl. The molecule has 1 aromatic heterocycles. The Morgan fingerprint density at radius 2 is 2.17 bits per heavy atom. The van der Waals surface area contributed by atoms with E-state index in [1.54, 1.807) is 18.3 Å². The maximum atomic E-state index is 6.21. The van der Waals surface area contributed by atoms with Crippen LogP contribution in [-0.2, 0) is 6.54 Å². The van der Waals surface area contributed by atoms with E-state index in [0.717, 1.165) is 17.8 Å². The van der Waals surface area contributed by atoms with Crippen molar-refractivity contribution in [3.63, 3.8) is 0 Å². The molecule has 0 aliphatic rings. The maximum Gasteiger partial charge on any atom is 0.0892 e. The number of aromatic nitrogens is 2. The highest BCUT2D eigenvalue weighted by Crippen LogP contribution is 2.29. The van der Waals surface area contributed by atoms with Gasteiger partial charge in [0.15, 0.2) is 0 Å². The molecule has 96 valence electrons. The molecule has 1 atom stereocenters. The number of nitrogens with one attached hydrogen (secondary N) is 1. The Morgan fingerprint density at radius 1 is 1.39 bits per heavy atom. The summed E-state index contributed by atoms with van der Waals surface area (Å²) in [4.78, 5) is 0. The van der Waals surface area contributed by atoms with Crippen LogP contribution in [0.1, 0.15) is 24.2 Å². The average Bonchev–Trinajstić information content (AvgIpc) is 2.81. The fourth-order valence-corrected chi connectivity index (χ4v) is 2.44. The molecule has 0 fully saturated rings. The molecule has 2 aromatic rings. The predicted molar refractivity (Wildman–Crippen MR) is 73.5 cm³/mol. The lowest BCUT2D eigenvalue weighted by Crippen LogP contribution is -2.30. The molecule has 0 aliphatic carbocycles. The van der Waals surface area contributed by atoms with Gasteiger partial charge in [0.2, 0.25) is 0 Å². The average molecular weight is 285 g/mol. The van der Waals surface area contributed by atoms with E-state index < -0.39 is 0 Å². The summed E-state index contributed by atoms with van der Waals surface area (Å²) in [6.45, 7) is 2.79. The topological polar surface area (TPSA) is 55.9 Å². The van der Waals surface area contributed by atoms with Gasteiger partial charge >= 0.3 is 0 Å². The summed E-state index contributed by atoms with van der Waals surface area (Å²) in [6.07, 6.45) is 1.74. The van der Waals surface area contributed by atoms with Crippen LogP contribution in [0.4, 0.5) is 0 Å². The van der Waals surface area contributed by atoms with Gasteiger partial charge in [0.25, 0.3) is 0 Å². The zero-order valence-electron chi connectivity index (χ0n) is 9.90. The first-order chi connectivity index (χ1) is 8.67. The normalized spacial score (nSPS) is 12.7. The van der Waals surface area contributed by atoms with E-state index in [0.29, 0.717) is 10.0 Å². The number of aryl methyl sites for hydroxylation is 1. The zero-order valence-corrected chi connectivity index (χ0v) is 11.4. The Bertz CT molecular complexity index is 539. The molecule has 0 spiro atoms. The van der Waals surface area contributed by atoms with E-state index in [1.165, 1.54) is 0 Å². The van der Waals surface area contributed by atoms with Crippen molar-refractivity contribution >= 4 is 23.2 Å². The molecule has 0 saturated carbocycles. The van der Waals surface area contributed by atoms with Crippen LogP contribution in [0.5, 0.6) is 0 Å². The monoisotopic (exact) mass is 284 g/mol. The van der Waals surface area contributed by atoms with Crippen LogP contribution in [0.15, 0.2) is 30.5 Å². The van der Waals surface area contributed by atoms with E-state index in [4.69, 9.17) is 29.0 Å². The first kappa shape index (κ1) is 13.4. The number of benzene rings is 1. The minimum absolute atomic E-state index is 0.211. The smallest absolute Gasteiger partial charge is 0.0892 e. The number of nitrogens with two attached hydrogens (primary N) is 1. The number of nitrogens with zero attached hydrogens (tertiary/aromatic N) is 2. The fourth-order valence-electron chi connectivity index (χ4n) is 1.92. The number of hydrogen-bond acceptors (Lipinski definition) is 3. The van der Waals surface area contributed by atoms with Gasteiger partial charge in [-0.2, -0.15) is 5.10 Å². The molecule has 1 unspecified atom stereocenters. The van der Waals surface area contributed by atoms with E-state index in [-0.39, 0.29) is 6.04 Å². The minimum Gasteiger partial charge on any atom is -0.271 e. The van der Waals surface area contributed by atoms with Crippen LogP contribution in [0.2, 0.25) is 10.0 Å². The summed E-state index contributed by atoms with van der Waals surface area (Å²) >= 11 is 12.1. The molecule has 3 N–H and O–H groups in total. The van der Waals surface area contributed by atoms with Gasteiger partial charge in [-0.1, -0.05) is 29.3 Å². The second-order valence-electron chi connectivity index (χ2n) is 3.84. The standard InChI is InChI=1S/C12H14Cl2N4/c1-2-18-11(5-6-16-18)12(17-15)9-4-3-8(13)7-10(9)14/h3-7,12,17H,2,15H2,1H3. The number of hydrogen-bond donors (Lipinski definition) is 2. The van der Waals surface area contributed by atoms with Crippen LogP contribution in [0.3, 0.4) is 0 Å². The molecule has 0 saturated heterocycles. The number of rotatable bonds is 4. The lowest BCUT2D eigenvalue weighted by Gasteiger charge is -2.19. The highest BCUT2D eigenvalue weighted by molar-refractivity contribution is 6.35. The first-order valence-electron chi connectivity index (χ1n) is 5.60. The van der Waals surface area contributed by atoms with Gasteiger partial charge in [0.1, 0.15) is 0 Å². The van der Waals surface area contributed by atoms with Crippen molar-refractivity contribution in [2.75, 3.05) is 0 Å².